The highest BCUT2D eigenvalue weighted by Crippen LogP contribution is 2.29. The van der Waals surface area contributed by atoms with Crippen molar-refractivity contribution in [2.45, 2.75) is 0 Å². The second-order valence-electron chi connectivity index (χ2n) is 6.32. The van der Waals surface area contributed by atoms with E-state index in [1.54, 1.807) is 30.6 Å². The summed E-state index contributed by atoms with van der Waals surface area (Å²) < 4.78 is 5.46. The molecule has 0 saturated carbocycles. The van der Waals surface area contributed by atoms with Gasteiger partial charge in [-0.3, -0.25) is 4.98 Å². The van der Waals surface area contributed by atoms with Crippen LogP contribution in [0.4, 0.5) is 17.3 Å². The lowest BCUT2D eigenvalue weighted by Gasteiger charge is -2.29. The number of nitrogens with zero attached hydrogens (tertiary/aromatic N) is 5. The van der Waals surface area contributed by atoms with E-state index in [1.807, 2.05) is 36.2 Å². The van der Waals surface area contributed by atoms with E-state index in [4.69, 9.17) is 14.7 Å². The number of morpholine rings is 1. The molecule has 27 heavy (non-hydrogen) atoms. The van der Waals surface area contributed by atoms with Crippen LogP contribution in [0.25, 0.3) is 11.4 Å². The molecular formula is C20H21N5O2. The summed E-state index contributed by atoms with van der Waals surface area (Å²) in [5.41, 5.74) is 1.76. The predicted octanol–water partition coefficient (Wildman–Crippen LogP) is 2.85. The highest BCUT2D eigenvalue weighted by Gasteiger charge is 2.18. The Bertz CT molecular complexity index is 913. The number of aromatic hydroxyl groups is 1. The van der Waals surface area contributed by atoms with E-state index in [-0.39, 0.29) is 5.75 Å². The van der Waals surface area contributed by atoms with E-state index in [1.165, 1.54) is 0 Å². The number of benzene rings is 1. The molecule has 3 heterocycles. The second kappa shape index (κ2) is 7.59. The normalized spacial score (nSPS) is 14.2. The van der Waals surface area contributed by atoms with Gasteiger partial charge in [-0.25, -0.2) is 9.97 Å². The number of rotatable bonds is 4. The number of pyridine rings is 1. The van der Waals surface area contributed by atoms with Crippen molar-refractivity contribution in [1.29, 1.82) is 0 Å². The van der Waals surface area contributed by atoms with E-state index in [9.17, 15) is 5.11 Å². The van der Waals surface area contributed by atoms with Gasteiger partial charge in [0.15, 0.2) is 5.82 Å². The molecule has 138 valence electrons. The van der Waals surface area contributed by atoms with E-state index in [0.717, 1.165) is 36.0 Å². The summed E-state index contributed by atoms with van der Waals surface area (Å²) in [6.07, 6.45) is 3.51. The zero-order valence-corrected chi connectivity index (χ0v) is 15.1. The van der Waals surface area contributed by atoms with Crippen molar-refractivity contribution in [3.05, 3.63) is 54.9 Å². The molecule has 1 N–H and O–H groups in total. The third-order valence-corrected chi connectivity index (χ3v) is 4.53. The van der Waals surface area contributed by atoms with Crippen LogP contribution in [0.1, 0.15) is 0 Å². The van der Waals surface area contributed by atoms with Crippen LogP contribution in [-0.2, 0) is 4.74 Å². The smallest absolute Gasteiger partial charge is 0.164 e. The van der Waals surface area contributed by atoms with Crippen molar-refractivity contribution in [3.63, 3.8) is 0 Å². The van der Waals surface area contributed by atoms with Gasteiger partial charge in [0.2, 0.25) is 0 Å². The number of anilines is 3. The molecule has 1 fully saturated rings. The van der Waals surface area contributed by atoms with Gasteiger partial charge in [0, 0.05) is 49.8 Å². The van der Waals surface area contributed by atoms with E-state index in [0.29, 0.717) is 19.0 Å². The van der Waals surface area contributed by atoms with Crippen molar-refractivity contribution in [2.24, 2.45) is 0 Å². The average Bonchev–Trinajstić information content (AvgIpc) is 2.74. The van der Waals surface area contributed by atoms with Gasteiger partial charge in [-0.1, -0.05) is 12.1 Å². The Labute approximate surface area is 157 Å². The number of aromatic nitrogens is 3. The van der Waals surface area contributed by atoms with Crippen molar-refractivity contribution >= 4 is 17.3 Å². The zero-order valence-electron chi connectivity index (χ0n) is 15.1. The first-order valence-corrected chi connectivity index (χ1v) is 8.86. The summed E-state index contributed by atoms with van der Waals surface area (Å²) in [5.74, 6) is 2.39. The summed E-state index contributed by atoms with van der Waals surface area (Å²) in [6.45, 7) is 2.94. The van der Waals surface area contributed by atoms with Crippen LogP contribution in [0.5, 0.6) is 5.75 Å². The van der Waals surface area contributed by atoms with Crippen LogP contribution in [0.3, 0.4) is 0 Å². The van der Waals surface area contributed by atoms with Crippen LogP contribution >= 0.6 is 0 Å². The summed E-state index contributed by atoms with van der Waals surface area (Å²) in [6, 6.07) is 12.9. The fraction of sp³-hybridized carbons (Fsp3) is 0.250. The molecule has 1 aliphatic rings. The fourth-order valence-electron chi connectivity index (χ4n) is 3.02. The fourth-order valence-corrected chi connectivity index (χ4v) is 3.02. The highest BCUT2D eigenvalue weighted by molar-refractivity contribution is 5.67. The molecule has 7 nitrogen and oxygen atoms in total. The Balaban J connectivity index is 1.78. The van der Waals surface area contributed by atoms with Crippen molar-refractivity contribution in [1.82, 2.24) is 15.0 Å². The van der Waals surface area contributed by atoms with Crippen molar-refractivity contribution in [3.8, 4) is 17.1 Å². The molecular weight excluding hydrogens is 342 g/mol. The minimum Gasteiger partial charge on any atom is -0.508 e. The maximum absolute atomic E-state index is 9.85. The lowest BCUT2D eigenvalue weighted by Crippen LogP contribution is -2.37. The molecule has 0 unspecified atom stereocenters. The summed E-state index contributed by atoms with van der Waals surface area (Å²) in [5, 5.41) is 9.85. The Morgan fingerprint density at radius 2 is 1.81 bits per heavy atom. The van der Waals surface area contributed by atoms with Crippen LogP contribution in [0.2, 0.25) is 0 Å². The molecule has 0 radical (unpaired) electrons. The lowest BCUT2D eigenvalue weighted by atomic mass is 10.2. The number of ether oxygens (including phenoxy) is 1. The third-order valence-electron chi connectivity index (χ3n) is 4.53. The first-order valence-electron chi connectivity index (χ1n) is 8.86. The zero-order chi connectivity index (χ0) is 18.6. The van der Waals surface area contributed by atoms with Gasteiger partial charge in [-0.05, 0) is 24.3 Å². The topological polar surface area (TPSA) is 74.6 Å². The van der Waals surface area contributed by atoms with Gasteiger partial charge in [0.05, 0.1) is 13.2 Å². The summed E-state index contributed by atoms with van der Waals surface area (Å²) in [4.78, 5) is 17.8. The van der Waals surface area contributed by atoms with Gasteiger partial charge in [0.1, 0.15) is 17.4 Å². The van der Waals surface area contributed by atoms with Gasteiger partial charge >= 0.3 is 0 Å². The van der Waals surface area contributed by atoms with Gasteiger partial charge < -0.3 is 19.6 Å². The average molecular weight is 363 g/mol. The third kappa shape index (κ3) is 3.83. The van der Waals surface area contributed by atoms with Crippen LogP contribution in [0, 0.1) is 0 Å². The van der Waals surface area contributed by atoms with Crippen LogP contribution in [-0.4, -0.2) is 53.4 Å². The number of phenols is 1. The van der Waals surface area contributed by atoms with Gasteiger partial charge in [-0.2, -0.15) is 0 Å². The molecule has 0 amide bonds. The molecule has 3 aromatic rings. The molecule has 0 spiro atoms. The minimum atomic E-state index is 0.192. The van der Waals surface area contributed by atoms with E-state index < -0.39 is 0 Å². The van der Waals surface area contributed by atoms with E-state index >= 15 is 0 Å². The van der Waals surface area contributed by atoms with E-state index in [2.05, 4.69) is 9.88 Å². The largest absolute Gasteiger partial charge is 0.508 e. The molecule has 4 rings (SSSR count). The SMILES string of the molecule is CN(c1ccncc1)c1cc(N2CCOCC2)nc(-c2cccc(O)c2)n1. The standard InChI is InChI=1S/C20H21N5O2/c1-24(16-5-7-21-8-6-16)18-14-19(25-9-11-27-12-10-25)23-20(22-18)15-3-2-4-17(26)13-15/h2-8,13-14,26H,9-12H2,1H3. The monoisotopic (exact) mass is 363 g/mol. The number of hydrogen-bond donors (Lipinski definition) is 1. The summed E-state index contributed by atoms with van der Waals surface area (Å²) >= 11 is 0. The minimum absolute atomic E-state index is 0.192. The first kappa shape index (κ1) is 17.2. The second-order valence-corrected chi connectivity index (χ2v) is 6.32. The molecule has 0 bridgehead atoms. The number of hydrogen-bond acceptors (Lipinski definition) is 7. The Morgan fingerprint density at radius 1 is 1.04 bits per heavy atom. The van der Waals surface area contributed by atoms with Gasteiger partial charge in [-0.15, -0.1) is 0 Å². The Hall–Kier alpha value is -3.19. The molecule has 1 saturated heterocycles. The predicted molar refractivity (Wildman–Crippen MR) is 104 cm³/mol. The molecule has 0 aliphatic carbocycles. The van der Waals surface area contributed by atoms with Crippen LogP contribution < -0.4 is 9.80 Å². The molecule has 2 aromatic heterocycles. The molecule has 0 atom stereocenters. The highest BCUT2D eigenvalue weighted by atomic mass is 16.5. The number of phenolic OH excluding ortho intramolecular Hbond substituents is 1. The van der Waals surface area contributed by atoms with Crippen LogP contribution in [0.15, 0.2) is 54.9 Å². The summed E-state index contributed by atoms with van der Waals surface area (Å²) in [7, 11) is 1.97. The quantitative estimate of drug-likeness (QED) is 0.764. The molecule has 7 heteroatoms. The van der Waals surface area contributed by atoms with Gasteiger partial charge in [0.25, 0.3) is 0 Å². The maximum atomic E-state index is 9.85. The lowest BCUT2D eigenvalue weighted by molar-refractivity contribution is 0.122. The van der Waals surface area contributed by atoms with Crippen molar-refractivity contribution < 1.29 is 9.84 Å². The molecule has 1 aliphatic heterocycles. The first-order chi connectivity index (χ1) is 13.2. The Kier molecular flexibility index (Phi) is 4.84. The molecule has 1 aromatic carbocycles. The Morgan fingerprint density at radius 3 is 2.56 bits per heavy atom. The van der Waals surface area contributed by atoms with Crippen molar-refractivity contribution in [2.75, 3.05) is 43.2 Å². The maximum Gasteiger partial charge on any atom is 0.164 e.